The summed E-state index contributed by atoms with van der Waals surface area (Å²) in [6.45, 7) is 0.857. The lowest BCUT2D eigenvalue weighted by atomic mass is 10.1. The number of aliphatic carboxylic acids is 1. The fourth-order valence-corrected chi connectivity index (χ4v) is 2.37. The minimum absolute atomic E-state index is 0.0231. The Morgan fingerprint density at radius 2 is 2.05 bits per heavy atom. The van der Waals surface area contributed by atoms with Gasteiger partial charge in [-0.3, -0.25) is 10.1 Å². The first-order valence-corrected chi connectivity index (χ1v) is 6.70. The van der Waals surface area contributed by atoms with Crippen LogP contribution in [0.15, 0.2) is 18.2 Å². The number of carboxylic acid groups (broad SMARTS) is 1. The number of anilines is 1. The molecule has 1 aliphatic heterocycles. The molecule has 0 aliphatic carbocycles. The Morgan fingerprint density at radius 1 is 1.41 bits per heavy atom. The number of carbonyl (C=O) groups is 1. The highest BCUT2D eigenvalue weighted by Crippen LogP contribution is 2.31. The van der Waals surface area contributed by atoms with Crippen LogP contribution in [0, 0.1) is 15.9 Å². The van der Waals surface area contributed by atoms with Crippen LogP contribution in [0.2, 0.25) is 0 Å². The lowest BCUT2D eigenvalue weighted by molar-refractivity contribution is -0.385. The predicted octanol–water partition coefficient (Wildman–Crippen LogP) is 1.79. The maximum absolute atomic E-state index is 14.1. The van der Waals surface area contributed by atoms with E-state index in [0.29, 0.717) is 25.9 Å². The van der Waals surface area contributed by atoms with Gasteiger partial charge in [0.1, 0.15) is 0 Å². The highest BCUT2D eigenvalue weighted by atomic mass is 19.1. The van der Waals surface area contributed by atoms with Crippen molar-refractivity contribution in [1.82, 2.24) is 0 Å². The SMILES string of the molecule is O=C(O)C=Cc1cc(N2CCC(O)CC2)c(F)cc1[N+](=O)[O-]. The maximum atomic E-state index is 14.1. The van der Waals surface area contributed by atoms with Crippen molar-refractivity contribution in [3.8, 4) is 0 Å². The summed E-state index contributed by atoms with van der Waals surface area (Å²) in [6.07, 6.45) is 2.38. The molecule has 118 valence electrons. The zero-order chi connectivity index (χ0) is 16.3. The molecule has 1 fully saturated rings. The zero-order valence-corrected chi connectivity index (χ0v) is 11.6. The van der Waals surface area contributed by atoms with Gasteiger partial charge in [0, 0.05) is 19.2 Å². The molecular weight excluding hydrogens is 295 g/mol. The number of benzene rings is 1. The van der Waals surface area contributed by atoms with Crippen LogP contribution in [0.4, 0.5) is 15.8 Å². The van der Waals surface area contributed by atoms with E-state index in [9.17, 15) is 24.4 Å². The van der Waals surface area contributed by atoms with Gasteiger partial charge in [-0.1, -0.05) is 0 Å². The van der Waals surface area contributed by atoms with Gasteiger partial charge >= 0.3 is 5.97 Å². The van der Waals surface area contributed by atoms with Crippen molar-refractivity contribution in [2.45, 2.75) is 18.9 Å². The molecule has 0 saturated carbocycles. The average Bonchev–Trinajstić information content (AvgIpc) is 2.46. The summed E-state index contributed by atoms with van der Waals surface area (Å²) in [5.74, 6) is -1.99. The summed E-state index contributed by atoms with van der Waals surface area (Å²) in [7, 11) is 0. The van der Waals surface area contributed by atoms with Gasteiger partial charge in [0.05, 0.1) is 28.3 Å². The minimum atomic E-state index is -1.25. The van der Waals surface area contributed by atoms with Gasteiger partial charge in [0.2, 0.25) is 0 Å². The number of piperidine rings is 1. The summed E-state index contributed by atoms with van der Waals surface area (Å²) in [5.41, 5.74) is -0.298. The molecule has 8 heteroatoms. The van der Waals surface area contributed by atoms with Crippen molar-refractivity contribution < 1.29 is 24.3 Å². The topological polar surface area (TPSA) is 104 Å². The van der Waals surface area contributed by atoms with Crippen molar-refractivity contribution in [3.05, 3.63) is 39.7 Å². The van der Waals surface area contributed by atoms with E-state index in [0.717, 1.165) is 18.2 Å². The maximum Gasteiger partial charge on any atom is 0.328 e. The quantitative estimate of drug-likeness (QED) is 0.499. The molecule has 0 spiro atoms. The van der Waals surface area contributed by atoms with Crippen molar-refractivity contribution in [2.75, 3.05) is 18.0 Å². The molecule has 1 heterocycles. The van der Waals surface area contributed by atoms with Crippen molar-refractivity contribution in [2.24, 2.45) is 0 Å². The Labute approximate surface area is 125 Å². The number of nitrogens with zero attached hydrogens (tertiary/aromatic N) is 2. The van der Waals surface area contributed by atoms with Crippen LogP contribution in [0.1, 0.15) is 18.4 Å². The van der Waals surface area contributed by atoms with Gasteiger partial charge in [0.25, 0.3) is 5.69 Å². The van der Waals surface area contributed by atoms with Crippen LogP contribution in [0.3, 0.4) is 0 Å². The molecule has 0 bridgehead atoms. The number of rotatable bonds is 4. The van der Waals surface area contributed by atoms with E-state index in [-0.39, 0.29) is 11.3 Å². The Morgan fingerprint density at radius 3 is 2.59 bits per heavy atom. The van der Waals surface area contributed by atoms with Crippen LogP contribution in [0.25, 0.3) is 6.08 Å². The first-order valence-electron chi connectivity index (χ1n) is 6.70. The molecule has 0 aromatic heterocycles. The van der Waals surface area contributed by atoms with Crippen molar-refractivity contribution in [3.63, 3.8) is 0 Å². The van der Waals surface area contributed by atoms with Gasteiger partial charge in [-0.15, -0.1) is 0 Å². The molecule has 2 N–H and O–H groups in total. The van der Waals surface area contributed by atoms with Gasteiger partial charge in [-0.2, -0.15) is 0 Å². The van der Waals surface area contributed by atoms with E-state index in [1.807, 2.05) is 0 Å². The summed E-state index contributed by atoms with van der Waals surface area (Å²) in [5, 5.41) is 29.1. The smallest absolute Gasteiger partial charge is 0.328 e. The molecule has 0 unspecified atom stereocenters. The van der Waals surface area contributed by atoms with Gasteiger partial charge in [0.15, 0.2) is 5.82 Å². The highest BCUT2D eigenvalue weighted by molar-refractivity contribution is 5.86. The largest absolute Gasteiger partial charge is 0.478 e. The fraction of sp³-hybridized carbons (Fsp3) is 0.357. The molecule has 1 aliphatic rings. The number of halogens is 1. The standard InChI is InChI=1S/C14H15FN2O5/c15-11-8-12(17(21)22)9(1-2-14(19)20)7-13(11)16-5-3-10(18)4-6-16/h1-2,7-8,10,18H,3-6H2,(H,19,20). The third-order valence-electron chi connectivity index (χ3n) is 3.50. The number of nitro groups is 1. The van der Waals surface area contributed by atoms with Gasteiger partial charge in [-0.05, 0) is 25.0 Å². The second-order valence-electron chi connectivity index (χ2n) is 5.01. The lowest BCUT2D eigenvalue weighted by Crippen LogP contribution is -2.36. The summed E-state index contributed by atoms with van der Waals surface area (Å²) in [6, 6.07) is 2.06. The van der Waals surface area contributed by atoms with E-state index in [1.54, 1.807) is 4.90 Å². The Kier molecular flexibility index (Phi) is 4.71. The number of aliphatic hydroxyl groups is 1. The van der Waals surface area contributed by atoms with Crippen molar-refractivity contribution >= 4 is 23.4 Å². The van der Waals surface area contributed by atoms with Gasteiger partial charge < -0.3 is 15.1 Å². The fourth-order valence-electron chi connectivity index (χ4n) is 2.37. The van der Waals surface area contributed by atoms with Gasteiger partial charge in [-0.25, -0.2) is 9.18 Å². The van der Waals surface area contributed by atoms with Crippen LogP contribution in [-0.2, 0) is 4.79 Å². The molecule has 1 aromatic carbocycles. The van der Waals surface area contributed by atoms with E-state index in [4.69, 9.17) is 5.11 Å². The molecular formula is C14H15FN2O5. The molecule has 0 atom stereocenters. The Bertz CT molecular complexity index is 624. The summed E-state index contributed by atoms with van der Waals surface area (Å²) in [4.78, 5) is 22.5. The second kappa shape index (κ2) is 6.52. The van der Waals surface area contributed by atoms with Crippen LogP contribution < -0.4 is 4.90 Å². The monoisotopic (exact) mass is 310 g/mol. The minimum Gasteiger partial charge on any atom is -0.478 e. The third kappa shape index (κ3) is 3.59. The Balaban J connectivity index is 2.40. The molecule has 2 rings (SSSR count). The number of hydrogen-bond donors (Lipinski definition) is 2. The van der Waals surface area contributed by atoms with E-state index in [2.05, 4.69) is 0 Å². The molecule has 1 aromatic rings. The molecule has 7 nitrogen and oxygen atoms in total. The second-order valence-corrected chi connectivity index (χ2v) is 5.01. The number of aliphatic hydroxyl groups excluding tert-OH is 1. The van der Waals surface area contributed by atoms with E-state index >= 15 is 0 Å². The van der Waals surface area contributed by atoms with E-state index < -0.39 is 28.5 Å². The molecule has 0 amide bonds. The predicted molar refractivity (Wildman–Crippen MR) is 77.2 cm³/mol. The highest BCUT2D eigenvalue weighted by Gasteiger charge is 2.23. The first-order chi connectivity index (χ1) is 10.4. The first kappa shape index (κ1) is 15.9. The summed E-state index contributed by atoms with van der Waals surface area (Å²) < 4.78 is 14.1. The number of nitro benzene ring substituents is 1. The average molecular weight is 310 g/mol. The van der Waals surface area contributed by atoms with E-state index in [1.165, 1.54) is 6.07 Å². The van der Waals surface area contributed by atoms with Crippen LogP contribution in [0.5, 0.6) is 0 Å². The van der Waals surface area contributed by atoms with Crippen LogP contribution in [-0.4, -0.2) is 40.3 Å². The van der Waals surface area contributed by atoms with Crippen LogP contribution >= 0.6 is 0 Å². The normalized spacial score (nSPS) is 16.2. The lowest BCUT2D eigenvalue weighted by Gasteiger charge is -2.31. The molecule has 0 radical (unpaired) electrons. The van der Waals surface area contributed by atoms with Crippen molar-refractivity contribution in [1.29, 1.82) is 0 Å². The zero-order valence-electron chi connectivity index (χ0n) is 11.6. The molecule has 22 heavy (non-hydrogen) atoms. The number of carboxylic acids is 1. The Hall–Kier alpha value is -2.48. The molecule has 1 saturated heterocycles. The summed E-state index contributed by atoms with van der Waals surface area (Å²) >= 11 is 0. The third-order valence-corrected chi connectivity index (χ3v) is 3.50. The number of hydrogen-bond acceptors (Lipinski definition) is 5.